The molecule has 7 heteroatoms. The number of carbonyl (C=O) groups excluding carboxylic acids is 1. The summed E-state index contributed by atoms with van der Waals surface area (Å²) < 4.78 is 26.7. The van der Waals surface area contributed by atoms with Crippen molar-refractivity contribution in [3.8, 4) is 0 Å². The number of hydrogen-bond acceptors (Lipinski definition) is 4. The van der Waals surface area contributed by atoms with E-state index in [2.05, 4.69) is 15.7 Å². The number of sulfonamides is 1. The molecule has 0 bridgehead atoms. The van der Waals surface area contributed by atoms with E-state index >= 15 is 0 Å². The standard InChI is InChI=1S/C18H29N3O3S/c1-5-9-25(23,24)19-11-17-13-20(4)18(22)15(3)21(17)12-16-8-6-7-14(2)10-16/h6-8,10,15,17,19H,5,9,11-13H2,1-4H3/t15-,17+/m0/s1. The molecule has 140 valence electrons. The Morgan fingerprint density at radius 3 is 2.68 bits per heavy atom. The van der Waals surface area contributed by atoms with Crippen LogP contribution in [-0.4, -0.2) is 62.1 Å². The molecule has 1 amide bonds. The molecule has 0 saturated carbocycles. The zero-order valence-electron chi connectivity index (χ0n) is 15.5. The normalized spacial score (nSPS) is 22.4. The minimum absolute atomic E-state index is 0.0511. The first kappa shape index (κ1) is 19.9. The maximum atomic E-state index is 12.4. The number of nitrogens with zero attached hydrogens (tertiary/aromatic N) is 2. The van der Waals surface area contributed by atoms with Crippen LogP contribution < -0.4 is 4.72 Å². The highest BCUT2D eigenvalue weighted by molar-refractivity contribution is 7.89. The van der Waals surface area contributed by atoms with E-state index in [1.165, 1.54) is 5.56 Å². The van der Waals surface area contributed by atoms with Crippen molar-refractivity contribution in [2.45, 2.75) is 45.8 Å². The van der Waals surface area contributed by atoms with Crippen LogP contribution >= 0.6 is 0 Å². The predicted molar refractivity (Wildman–Crippen MR) is 99.7 cm³/mol. The molecule has 1 aliphatic rings. The second kappa shape index (κ2) is 8.29. The van der Waals surface area contributed by atoms with Crippen LogP contribution in [0.1, 0.15) is 31.4 Å². The summed E-state index contributed by atoms with van der Waals surface area (Å²) in [4.78, 5) is 16.2. The van der Waals surface area contributed by atoms with Gasteiger partial charge in [0.25, 0.3) is 0 Å². The topological polar surface area (TPSA) is 69.7 Å². The smallest absolute Gasteiger partial charge is 0.239 e. The quantitative estimate of drug-likeness (QED) is 0.790. The average molecular weight is 368 g/mol. The van der Waals surface area contributed by atoms with Crippen LogP contribution in [0.5, 0.6) is 0 Å². The molecule has 2 atom stereocenters. The lowest BCUT2D eigenvalue weighted by atomic mass is 10.0. The molecular formula is C18H29N3O3S. The number of benzene rings is 1. The number of amides is 1. The number of likely N-dealkylation sites (N-methyl/N-ethyl adjacent to an activating group) is 1. The van der Waals surface area contributed by atoms with E-state index in [1.807, 2.05) is 39.0 Å². The minimum atomic E-state index is -3.26. The molecule has 25 heavy (non-hydrogen) atoms. The number of aryl methyl sites for hydroxylation is 1. The Balaban J connectivity index is 2.16. The lowest BCUT2D eigenvalue weighted by molar-refractivity contribution is -0.142. The molecule has 2 rings (SSSR count). The number of hydrogen-bond donors (Lipinski definition) is 1. The molecule has 1 heterocycles. The summed E-state index contributed by atoms with van der Waals surface area (Å²) in [7, 11) is -1.49. The van der Waals surface area contributed by atoms with Crippen molar-refractivity contribution in [3.05, 3.63) is 35.4 Å². The van der Waals surface area contributed by atoms with Gasteiger partial charge in [0.05, 0.1) is 11.8 Å². The number of nitrogens with one attached hydrogen (secondary N) is 1. The van der Waals surface area contributed by atoms with Crippen molar-refractivity contribution >= 4 is 15.9 Å². The number of carbonyl (C=O) groups is 1. The van der Waals surface area contributed by atoms with Gasteiger partial charge in [-0.1, -0.05) is 36.8 Å². The fourth-order valence-corrected chi connectivity index (χ4v) is 4.45. The molecule has 6 nitrogen and oxygen atoms in total. The highest BCUT2D eigenvalue weighted by Gasteiger charge is 2.36. The first-order chi connectivity index (χ1) is 11.7. The van der Waals surface area contributed by atoms with Crippen LogP contribution in [0.2, 0.25) is 0 Å². The molecule has 1 aliphatic heterocycles. The van der Waals surface area contributed by atoms with Crippen LogP contribution in [0, 0.1) is 6.92 Å². The zero-order chi connectivity index (χ0) is 18.6. The third-order valence-electron chi connectivity index (χ3n) is 4.64. The highest BCUT2D eigenvalue weighted by Crippen LogP contribution is 2.20. The van der Waals surface area contributed by atoms with E-state index < -0.39 is 10.0 Å². The van der Waals surface area contributed by atoms with E-state index in [1.54, 1.807) is 11.9 Å². The predicted octanol–water partition coefficient (Wildman–Crippen LogP) is 1.36. The van der Waals surface area contributed by atoms with Gasteiger partial charge in [-0.15, -0.1) is 0 Å². The summed E-state index contributed by atoms with van der Waals surface area (Å²) in [6.45, 7) is 7.24. The first-order valence-electron chi connectivity index (χ1n) is 8.77. The molecule has 1 N–H and O–H groups in total. The fourth-order valence-electron chi connectivity index (χ4n) is 3.32. The summed E-state index contributed by atoms with van der Waals surface area (Å²) in [5.41, 5.74) is 2.30. The number of piperazine rings is 1. The van der Waals surface area contributed by atoms with Crippen LogP contribution in [0.3, 0.4) is 0 Å². The number of rotatable bonds is 7. The first-order valence-corrected chi connectivity index (χ1v) is 10.4. The summed E-state index contributed by atoms with van der Waals surface area (Å²) in [6.07, 6.45) is 0.585. The van der Waals surface area contributed by atoms with Gasteiger partial charge in [-0.25, -0.2) is 13.1 Å². The largest absolute Gasteiger partial charge is 0.343 e. The molecule has 1 fully saturated rings. The van der Waals surface area contributed by atoms with E-state index in [0.29, 0.717) is 26.1 Å². The van der Waals surface area contributed by atoms with Gasteiger partial charge in [-0.2, -0.15) is 0 Å². The summed E-state index contributed by atoms with van der Waals surface area (Å²) >= 11 is 0. The monoisotopic (exact) mass is 367 g/mol. The van der Waals surface area contributed by atoms with Crippen molar-refractivity contribution in [1.82, 2.24) is 14.5 Å². The van der Waals surface area contributed by atoms with Gasteiger partial charge >= 0.3 is 0 Å². The van der Waals surface area contributed by atoms with Gasteiger partial charge in [-0.3, -0.25) is 9.69 Å². The Morgan fingerprint density at radius 1 is 1.32 bits per heavy atom. The van der Waals surface area contributed by atoms with Crippen LogP contribution in [0.25, 0.3) is 0 Å². The van der Waals surface area contributed by atoms with Crippen molar-refractivity contribution < 1.29 is 13.2 Å². The van der Waals surface area contributed by atoms with Gasteiger partial charge in [0, 0.05) is 32.7 Å². The maximum absolute atomic E-state index is 12.4. The molecule has 1 aromatic carbocycles. The van der Waals surface area contributed by atoms with E-state index in [4.69, 9.17) is 0 Å². The van der Waals surface area contributed by atoms with Gasteiger partial charge in [-0.05, 0) is 25.8 Å². The second-order valence-electron chi connectivity index (χ2n) is 6.88. The molecule has 1 saturated heterocycles. The molecule has 0 unspecified atom stereocenters. The Kier molecular flexibility index (Phi) is 6.59. The molecule has 0 radical (unpaired) electrons. The van der Waals surface area contributed by atoms with Crippen molar-refractivity contribution in [1.29, 1.82) is 0 Å². The Hall–Kier alpha value is -1.44. The van der Waals surface area contributed by atoms with E-state index in [9.17, 15) is 13.2 Å². The summed E-state index contributed by atoms with van der Waals surface area (Å²) in [5, 5.41) is 0. The highest BCUT2D eigenvalue weighted by atomic mass is 32.2. The van der Waals surface area contributed by atoms with Gasteiger partial charge in [0.2, 0.25) is 15.9 Å². The molecule has 0 spiro atoms. The fraction of sp³-hybridized carbons (Fsp3) is 0.611. The molecule has 1 aromatic rings. The molecule has 0 aliphatic carbocycles. The third-order valence-corrected chi connectivity index (χ3v) is 6.20. The van der Waals surface area contributed by atoms with Gasteiger partial charge in [0.1, 0.15) is 0 Å². The minimum Gasteiger partial charge on any atom is -0.343 e. The molecule has 0 aromatic heterocycles. The van der Waals surface area contributed by atoms with Crippen molar-refractivity contribution in [2.75, 3.05) is 25.9 Å². The van der Waals surface area contributed by atoms with Crippen LogP contribution in [0.15, 0.2) is 24.3 Å². The van der Waals surface area contributed by atoms with Gasteiger partial charge in [0.15, 0.2) is 0 Å². The second-order valence-corrected chi connectivity index (χ2v) is 8.80. The van der Waals surface area contributed by atoms with Crippen molar-refractivity contribution in [2.24, 2.45) is 0 Å². The third kappa shape index (κ3) is 5.26. The SMILES string of the molecule is CCCS(=O)(=O)NC[C@@H]1CN(C)C(=O)[C@H](C)N1Cc1cccc(C)c1. The average Bonchev–Trinajstić information content (AvgIpc) is 2.54. The maximum Gasteiger partial charge on any atom is 0.239 e. The Labute approximate surface area is 151 Å². The van der Waals surface area contributed by atoms with E-state index in [-0.39, 0.29) is 23.7 Å². The summed E-state index contributed by atoms with van der Waals surface area (Å²) in [5.74, 6) is 0.197. The van der Waals surface area contributed by atoms with Gasteiger partial charge < -0.3 is 4.90 Å². The summed E-state index contributed by atoms with van der Waals surface area (Å²) in [6, 6.07) is 7.86. The van der Waals surface area contributed by atoms with Crippen molar-refractivity contribution in [3.63, 3.8) is 0 Å². The van der Waals surface area contributed by atoms with Crippen LogP contribution in [0.4, 0.5) is 0 Å². The van der Waals surface area contributed by atoms with Crippen LogP contribution in [-0.2, 0) is 21.4 Å². The lowest BCUT2D eigenvalue weighted by Gasteiger charge is -2.44. The lowest BCUT2D eigenvalue weighted by Crippen LogP contribution is -2.62. The Morgan fingerprint density at radius 2 is 2.04 bits per heavy atom. The Bertz CT molecular complexity index is 705. The zero-order valence-corrected chi connectivity index (χ0v) is 16.3. The molecular weight excluding hydrogens is 338 g/mol. The van der Waals surface area contributed by atoms with E-state index in [0.717, 1.165) is 5.56 Å².